The summed E-state index contributed by atoms with van der Waals surface area (Å²) in [5, 5.41) is 15.1. The third-order valence-electron chi connectivity index (χ3n) is 6.74. The molecule has 0 spiro atoms. The highest BCUT2D eigenvalue weighted by molar-refractivity contribution is 7.13. The molecule has 0 bridgehead atoms. The van der Waals surface area contributed by atoms with E-state index >= 15 is 0 Å². The van der Waals surface area contributed by atoms with Gasteiger partial charge in [-0.3, -0.25) is 4.79 Å². The van der Waals surface area contributed by atoms with Crippen molar-refractivity contribution in [2.45, 2.75) is 37.8 Å². The van der Waals surface area contributed by atoms with Crippen molar-refractivity contribution in [3.05, 3.63) is 75.7 Å². The Morgan fingerprint density at radius 3 is 2.29 bits per heavy atom. The number of thiazole rings is 1. The van der Waals surface area contributed by atoms with E-state index in [1.54, 1.807) is 6.92 Å². The van der Waals surface area contributed by atoms with Crippen LogP contribution in [-0.2, 0) is 16.1 Å². The summed E-state index contributed by atoms with van der Waals surface area (Å²) >= 11 is 1.01. The number of alkyl carbamates (subject to hydrolysis) is 1. The number of hydrogen-bond donors (Lipinski definition) is 3. The molecule has 2 aliphatic rings. The third-order valence-corrected chi connectivity index (χ3v) is 7.72. The largest absolute Gasteiger partial charge is 0.477 e. The number of ether oxygens (including phenoxy) is 1. The molecule has 1 atom stereocenters. The topological polar surface area (TPSA) is 118 Å². The molecule has 0 aliphatic heterocycles. The first kappa shape index (κ1) is 23.0. The Morgan fingerprint density at radius 1 is 1.09 bits per heavy atom. The molecule has 9 heteroatoms. The van der Waals surface area contributed by atoms with E-state index in [0.29, 0.717) is 5.01 Å². The molecule has 2 aliphatic carbocycles. The molecular formula is C26H25N3O5S. The van der Waals surface area contributed by atoms with Crippen LogP contribution in [-0.4, -0.2) is 40.2 Å². The summed E-state index contributed by atoms with van der Waals surface area (Å²) < 4.78 is 5.65. The van der Waals surface area contributed by atoms with Crippen LogP contribution < -0.4 is 10.6 Å². The lowest BCUT2D eigenvalue weighted by Crippen LogP contribution is -2.58. The third kappa shape index (κ3) is 4.51. The Bertz CT molecular complexity index is 1260. The summed E-state index contributed by atoms with van der Waals surface area (Å²) in [4.78, 5) is 41.1. The average molecular weight is 492 g/mol. The molecule has 2 amide bonds. The summed E-state index contributed by atoms with van der Waals surface area (Å²) in [5.41, 5.74) is 3.40. The minimum Gasteiger partial charge on any atom is -0.477 e. The molecule has 35 heavy (non-hydrogen) atoms. The van der Waals surface area contributed by atoms with Crippen LogP contribution in [0.2, 0.25) is 0 Å². The number of aromatic nitrogens is 1. The minimum atomic E-state index is -1.13. The fourth-order valence-electron chi connectivity index (χ4n) is 4.68. The van der Waals surface area contributed by atoms with Crippen molar-refractivity contribution in [2.75, 3.05) is 6.61 Å². The predicted molar refractivity (Wildman–Crippen MR) is 130 cm³/mol. The van der Waals surface area contributed by atoms with Gasteiger partial charge in [0.1, 0.15) is 22.0 Å². The molecule has 1 unspecified atom stereocenters. The summed E-state index contributed by atoms with van der Waals surface area (Å²) in [7, 11) is 0. The highest BCUT2D eigenvalue weighted by Gasteiger charge is 2.48. The van der Waals surface area contributed by atoms with Crippen molar-refractivity contribution < 1.29 is 24.2 Å². The van der Waals surface area contributed by atoms with Crippen LogP contribution in [0.1, 0.15) is 51.5 Å². The molecule has 1 aromatic heterocycles. The van der Waals surface area contributed by atoms with Crippen LogP contribution in [0.3, 0.4) is 0 Å². The van der Waals surface area contributed by atoms with Crippen molar-refractivity contribution in [3.63, 3.8) is 0 Å². The molecule has 0 radical (unpaired) electrons. The van der Waals surface area contributed by atoms with Crippen molar-refractivity contribution >= 4 is 29.3 Å². The summed E-state index contributed by atoms with van der Waals surface area (Å²) in [5.74, 6) is -1.46. The van der Waals surface area contributed by atoms with Crippen LogP contribution >= 0.6 is 11.3 Å². The molecular weight excluding hydrogens is 466 g/mol. The van der Waals surface area contributed by atoms with E-state index in [9.17, 15) is 14.4 Å². The number of amides is 2. The van der Waals surface area contributed by atoms with Gasteiger partial charge in [-0.05, 0) is 47.9 Å². The highest BCUT2D eigenvalue weighted by atomic mass is 32.1. The normalized spacial score (nSPS) is 16.0. The number of benzene rings is 2. The highest BCUT2D eigenvalue weighted by Crippen LogP contribution is 2.44. The maximum absolute atomic E-state index is 13.1. The fourth-order valence-corrected chi connectivity index (χ4v) is 5.38. The van der Waals surface area contributed by atoms with E-state index in [-0.39, 0.29) is 35.8 Å². The van der Waals surface area contributed by atoms with E-state index in [4.69, 9.17) is 9.84 Å². The average Bonchev–Trinajstić information content (AvgIpc) is 3.53. The molecule has 1 fully saturated rings. The van der Waals surface area contributed by atoms with Crippen molar-refractivity contribution in [2.24, 2.45) is 5.92 Å². The van der Waals surface area contributed by atoms with Gasteiger partial charge in [0.2, 0.25) is 5.91 Å². The smallest absolute Gasteiger partial charge is 0.408 e. The lowest BCUT2D eigenvalue weighted by molar-refractivity contribution is -0.127. The van der Waals surface area contributed by atoms with E-state index < -0.39 is 17.6 Å². The number of carboxylic acids is 1. The maximum Gasteiger partial charge on any atom is 0.408 e. The van der Waals surface area contributed by atoms with Gasteiger partial charge in [-0.25, -0.2) is 14.6 Å². The zero-order valence-electron chi connectivity index (χ0n) is 19.1. The number of carbonyl (C=O) groups is 3. The fraction of sp³-hybridized carbons (Fsp3) is 0.308. The summed E-state index contributed by atoms with van der Waals surface area (Å²) in [6, 6.07) is 16.2. The standard InChI is InChI=1S/C26H25N3O5S/c1-26(15-10-11-15,24(32)28-13-22-27-12-21(35-22)23(30)31)29-25(33)34-14-20-18-8-4-2-6-16(18)17-7-3-5-9-19(17)20/h2-9,12,15,20H,10-11,13-14H2,1H3,(H,28,32)(H,29,33)(H,30,31). The predicted octanol–water partition coefficient (Wildman–Crippen LogP) is 4.16. The number of aromatic carboxylic acids is 1. The second-order valence-electron chi connectivity index (χ2n) is 9.03. The van der Waals surface area contributed by atoms with Gasteiger partial charge in [0.05, 0.1) is 12.7 Å². The molecule has 180 valence electrons. The molecule has 5 rings (SSSR count). The van der Waals surface area contributed by atoms with Gasteiger partial charge in [-0.15, -0.1) is 11.3 Å². The van der Waals surface area contributed by atoms with E-state index in [1.807, 2.05) is 24.3 Å². The Labute approximate surface area is 206 Å². The number of carbonyl (C=O) groups excluding carboxylic acids is 2. The van der Waals surface area contributed by atoms with E-state index in [2.05, 4.69) is 39.9 Å². The quantitative estimate of drug-likeness (QED) is 0.435. The monoisotopic (exact) mass is 491 g/mol. The zero-order valence-corrected chi connectivity index (χ0v) is 19.9. The second kappa shape index (κ2) is 9.14. The van der Waals surface area contributed by atoms with Gasteiger partial charge < -0.3 is 20.5 Å². The lowest BCUT2D eigenvalue weighted by atomic mass is 9.94. The maximum atomic E-state index is 13.1. The molecule has 0 saturated heterocycles. The Morgan fingerprint density at radius 2 is 1.71 bits per heavy atom. The lowest BCUT2D eigenvalue weighted by Gasteiger charge is -2.29. The first-order chi connectivity index (χ1) is 16.9. The molecule has 3 aromatic rings. The van der Waals surface area contributed by atoms with Gasteiger partial charge >= 0.3 is 12.1 Å². The van der Waals surface area contributed by atoms with E-state index in [0.717, 1.165) is 46.4 Å². The van der Waals surface area contributed by atoms with Gasteiger partial charge in [-0.2, -0.15) is 0 Å². The molecule has 3 N–H and O–H groups in total. The van der Waals surface area contributed by atoms with Crippen LogP contribution in [0, 0.1) is 5.92 Å². The first-order valence-corrected chi connectivity index (χ1v) is 12.3. The Balaban J connectivity index is 1.23. The van der Waals surface area contributed by atoms with Crippen molar-refractivity contribution in [1.82, 2.24) is 15.6 Å². The van der Waals surface area contributed by atoms with Crippen molar-refractivity contribution in [3.8, 4) is 11.1 Å². The molecule has 1 heterocycles. The van der Waals surface area contributed by atoms with Crippen LogP contribution in [0.4, 0.5) is 4.79 Å². The molecule has 1 saturated carbocycles. The van der Waals surface area contributed by atoms with Gasteiger partial charge in [0.25, 0.3) is 0 Å². The van der Waals surface area contributed by atoms with Crippen LogP contribution in [0.5, 0.6) is 0 Å². The number of nitrogens with zero attached hydrogens (tertiary/aromatic N) is 1. The molecule has 2 aromatic carbocycles. The van der Waals surface area contributed by atoms with Gasteiger partial charge in [-0.1, -0.05) is 48.5 Å². The number of nitrogens with one attached hydrogen (secondary N) is 2. The number of fused-ring (bicyclic) bond motifs is 3. The van der Waals surface area contributed by atoms with Crippen molar-refractivity contribution in [1.29, 1.82) is 0 Å². The number of carboxylic acid groups (broad SMARTS) is 1. The van der Waals surface area contributed by atoms with E-state index in [1.165, 1.54) is 6.20 Å². The minimum absolute atomic E-state index is 0.00820. The Hall–Kier alpha value is -3.72. The second-order valence-corrected chi connectivity index (χ2v) is 10.1. The first-order valence-electron chi connectivity index (χ1n) is 11.5. The molecule has 8 nitrogen and oxygen atoms in total. The Kier molecular flexibility index (Phi) is 6.02. The van der Waals surface area contributed by atoms with Gasteiger partial charge in [0.15, 0.2) is 0 Å². The van der Waals surface area contributed by atoms with Crippen LogP contribution in [0.15, 0.2) is 54.7 Å². The summed E-state index contributed by atoms with van der Waals surface area (Å²) in [6.45, 7) is 1.96. The SMILES string of the molecule is CC(NC(=O)OCC1c2ccccc2-c2ccccc21)(C(=O)NCc1ncc(C(=O)O)s1)C1CC1. The summed E-state index contributed by atoms with van der Waals surface area (Å²) in [6.07, 6.45) is 2.28. The number of hydrogen-bond acceptors (Lipinski definition) is 6. The number of rotatable bonds is 8. The van der Waals surface area contributed by atoms with Gasteiger partial charge in [0, 0.05) is 5.92 Å². The van der Waals surface area contributed by atoms with Crippen LogP contribution in [0.25, 0.3) is 11.1 Å². The zero-order chi connectivity index (χ0) is 24.6.